The van der Waals surface area contributed by atoms with E-state index in [2.05, 4.69) is 260 Å². The predicted octanol–water partition coefficient (Wildman–Crippen LogP) is 18.1. The van der Waals surface area contributed by atoms with Crippen LogP contribution in [0.4, 0.5) is 17.1 Å². The second-order valence-electron chi connectivity index (χ2n) is 17.1. The number of hydrogen-bond donors (Lipinski definition) is 0. The first kappa shape index (κ1) is 40.5. The van der Waals surface area contributed by atoms with Crippen LogP contribution in [0.5, 0.6) is 0 Å². The third-order valence-corrected chi connectivity index (χ3v) is 13.0. The molecule has 0 fully saturated rings. The van der Waals surface area contributed by atoms with Gasteiger partial charge in [-0.05, 0) is 110 Å². The van der Waals surface area contributed by atoms with Crippen molar-refractivity contribution in [2.45, 2.75) is 0 Å². The van der Waals surface area contributed by atoms with E-state index in [0.717, 1.165) is 89.0 Å². The Labute approximate surface area is 396 Å². The van der Waals surface area contributed by atoms with E-state index in [4.69, 9.17) is 9.40 Å². The van der Waals surface area contributed by atoms with Crippen LogP contribution >= 0.6 is 0 Å². The van der Waals surface area contributed by atoms with Gasteiger partial charge < -0.3 is 9.32 Å². The van der Waals surface area contributed by atoms with Crippen LogP contribution in [0.2, 0.25) is 0 Å². The number of aromatic nitrogens is 1. The number of benzene rings is 11. The molecule has 0 N–H and O–H groups in total. The number of rotatable bonds is 10. The number of para-hydroxylation sites is 1. The van der Waals surface area contributed by atoms with Crippen LogP contribution < -0.4 is 4.90 Å². The zero-order valence-corrected chi connectivity index (χ0v) is 37.2. The molecule has 68 heavy (non-hydrogen) atoms. The molecule has 0 aliphatic carbocycles. The van der Waals surface area contributed by atoms with Crippen LogP contribution in [-0.2, 0) is 0 Å². The molecule has 12 aromatic rings. The van der Waals surface area contributed by atoms with Crippen LogP contribution in [0, 0.1) is 0 Å². The van der Waals surface area contributed by atoms with Gasteiger partial charge >= 0.3 is 0 Å². The summed E-state index contributed by atoms with van der Waals surface area (Å²) in [7, 11) is 0. The largest absolute Gasteiger partial charge is 0.436 e. The van der Waals surface area contributed by atoms with Crippen molar-refractivity contribution >= 4 is 38.9 Å². The molecule has 1 aromatic heterocycles. The Morgan fingerprint density at radius 1 is 0.309 bits per heavy atom. The Kier molecular flexibility index (Phi) is 10.6. The minimum absolute atomic E-state index is 0.611. The van der Waals surface area contributed by atoms with Crippen molar-refractivity contribution in [3.8, 4) is 78.2 Å². The highest BCUT2D eigenvalue weighted by Crippen LogP contribution is 2.48. The molecule has 0 unspecified atom stereocenters. The summed E-state index contributed by atoms with van der Waals surface area (Å²) in [4.78, 5) is 7.52. The van der Waals surface area contributed by atoms with Gasteiger partial charge in [-0.25, -0.2) is 4.98 Å². The van der Waals surface area contributed by atoms with Crippen LogP contribution in [0.15, 0.2) is 271 Å². The monoisotopic (exact) mass is 868 g/mol. The average Bonchev–Trinajstić information content (AvgIpc) is 3.88. The van der Waals surface area contributed by atoms with Crippen molar-refractivity contribution in [1.82, 2.24) is 4.98 Å². The van der Waals surface area contributed by atoms with Crippen LogP contribution in [-0.4, -0.2) is 4.98 Å². The van der Waals surface area contributed by atoms with Gasteiger partial charge in [-0.1, -0.05) is 218 Å². The van der Waals surface area contributed by atoms with E-state index in [1.165, 1.54) is 22.3 Å². The molecule has 12 rings (SSSR count). The van der Waals surface area contributed by atoms with E-state index in [0.29, 0.717) is 5.89 Å². The molecule has 0 amide bonds. The Hall–Kier alpha value is -9.05. The maximum Gasteiger partial charge on any atom is 0.227 e. The number of nitrogens with zero attached hydrogens (tertiary/aromatic N) is 2. The second kappa shape index (κ2) is 17.7. The molecule has 0 saturated carbocycles. The number of anilines is 3. The van der Waals surface area contributed by atoms with Gasteiger partial charge in [0.25, 0.3) is 0 Å². The molecule has 3 nitrogen and oxygen atoms in total. The van der Waals surface area contributed by atoms with E-state index in [-0.39, 0.29) is 0 Å². The minimum Gasteiger partial charge on any atom is -0.436 e. The maximum atomic E-state index is 6.40. The summed E-state index contributed by atoms with van der Waals surface area (Å²) in [5, 5.41) is 2.14. The number of hydrogen-bond acceptors (Lipinski definition) is 3. The first-order valence-electron chi connectivity index (χ1n) is 23.1. The van der Waals surface area contributed by atoms with Gasteiger partial charge in [0.15, 0.2) is 5.58 Å². The molecule has 1 heterocycles. The molecule has 0 radical (unpaired) electrons. The highest BCUT2D eigenvalue weighted by molar-refractivity contribution is 6.07. The summed E-state index contributed by atoms with van der Waals surface area (Å²) in [5.74, 6) is 0.611. The minimum atomic E-state index is 0.611. The normalized spacial score (nSPS) is 11.2. The smallest absolute Gasteiger partial charge is 0.227 e. The van der Waals surface area contributed by atoms with E-state index < -0.39 is 0 Å². The van der Waals surface area contributed by atoms with Gasteiger partial charge in [0.1, 0.15) is 5.52 Å². The van der Waals surface area contributed by atoms with Crippen molar-refractivity contribution < 1.29 is 4.42 Å². The summed E-state index contributed by atoms with van der Waals surface area (Å²) >= 11 is 0. The van der Waals surface area contributed by atoms with E-state index in [9.17, 15) is 0 Å². The summed E-state index contributed by atoms with van der Waals surface area (Å²) in [5.41, 5.74) is 19.7. The number of fused-ring (bicyclic) bond motifs is 3. The van der Waals surface area contributed by atoms with Gasteiger partial charge in [-0.15, -0.1) is 0 Å². The second-order valence-corrected chi connectivity index (χ2v) is 17.1. The van der Waals surface area contributed by atoms with Gasteiger partial charge in [0.2, 0.25) is 5.89 Å². The van der Waals surface area contributed by atoms with Crippen LogP contribution in [0.25, 0.3) is 100 Å². The van der Waals surface area contributed by atoms with Gasteiger partial charge in [-0.2, -0.15) is 0 Å². The SMILES string of the molecule is c1ccc(-c2ccc(-c3ccc(N(c4ccccc4-c4ccccc4)c4cccc(-c5ccc6c(ccc7oc(-c8ccc(-c9ccccc9)cc8)nc76)c5)c4-c4ccccc4)cc3)cc2)cc1. The third-order valence-electron chi connectivity index (χ3n) is 13.0. The highest BCUT2D eigenvalue weighted by atomic mass is 16.3. The van der Waals surface area contributed by atoms with Crippen LogP contribution in [0.3, 0.4) is 0 Å². The first-order chi connectivity index (χ1) is 33.7. The first-order valence-corrected chi connectivity index (χ1v) is 23.1. The summed E-state index contributed by atoms with van der Waals surface area (Å²) < 4.78 is 6.40. The number of oxazole rings is 1. The maximum absolute atomic E-state index is 6.40. The zero-order chi connectivity index (χ0) is 45.2. The van der Waals surface area contributed by atoms with Crippen molar-refractivity contribution in [1.29, 1.82) is 0 Å². The molecule has 11 aromatic carbocycles. The topological polar surface area (TPSA) is 29.3 Å². The molecule has 0 aliphatic rings. The third kappa shape index (κ3) is 7.72. The van der Waals surface area contributed by atoms with Crippen molar-refractivity contribution in [3.63, 3.8) is 0 Å². The summed E-state index contributed by atoms with van der Waals surface area (Å²) in [6.45, 7) is 0. The predicted molar refractivity (Wildman–Crippen MR) is 284 cm³/mol. The zero-order valence-electron chi connectivity index (χ0n) is 37.2. The standard InChI is InChI=1S/C65H44N2O/c1-5-16-45(17-6-1)47-28-30-49(31-29-47)50-36-40-56(41-37-50)67(60-26-14-13-24-57(60)51-20-9-3-10-21-51)61-27-15-25-58(63(61)52-22-11-4-12-23-52)54-38-42-59-55(44-54)39-43-62-64(59)66-65(68-62)53-34-32-48(33-35-53)46-18-7-2-8-19-46/h1-44H. The molecule has 320 valence electrons. The van der Waals surface area contributed by atoms with Crippen molar-refractivity contribution in [2.75, 3.05) is 4.90 Å². The Morgan fingerprint density at radius 2 is 0.765 bits per heavy atom. The molecule has 0 atom stereocenters. The molecule has 0 spiro atoms. The van der Waals surface area contributed by atoms with E-state index in [1.54, 1.807) is 0 Å². The lowest BCUT2D eigenvalue weighted by molar-refractivity contribution is 0.620. The van der Waals surface area contributed by atoms with Crippen LogP contribution in [0.1, 0.15) is 0 Å². The molecule has 0 aliphatic heterocycles. The lowest BCUT2D eigenvalue weighted by Crippen LogP contribution is -2.13. The Bertz CT molecular complexity index is 3680. The van der Waals surface area contributed by atoms with E-state index in [1.807, 2.05) is 12.1 Å². The summed E-state index contributed by atoms with van der Waals surface area (Å²) in [6, 6.07) is 95.1. The fraction of sp³-hybridized carbons (Fsp3) is 0. The van der Waals surface area contributed by atoms with Gasteiger partial charge in [0.05, 0.1) is 11.4 Å². The van der Waals surface area contributed by atoms with Gasteiger partial charge in [0, 0.05) is 27.8 Å². The quantitative estimate of drug-likeness (QED) is 0.137. The lowest BCUT2D eigenvalue weighted by atomic mass is 9.90. The van der Waals surface area contributed by atoms with Gasteiger partial charge in [-0.3, -0.25) is 0 Å². The average molecular weight is 869 g/mol. The lowest BCUT2D eigenvalue weighted by Gasteiger charge is -2.31. The fourth-order valence-corrected chi connectivity index (χ4v) is 9.55. The van der Waals surface area contributed by atoms with Crippen molar-refractivity contribution in [2.24, 2.45) is 0 Å². The molecule has 0 bridgehead atoms. The molecular formula is C65H44N2O. The Balaban J connectivity index is 0.974. The van der Waals surface area contributed by atoms with Crippen molar-refractivity contribution in [3.05, 3.63) is 267 Å². The molecule has 3 heteroatoms. The summed E-state index contributed by atoms with van der Waals surface area (Å²) in [6.07, 6.45) is 0. The highest BCUT2D eigenvalue weighted by Gasteiger charge is 2.23. The van der Waals surface area contributed by atoms with E-state index >= 15 is 0 Å². The molecular weight excluding hydrogens is 825 g/mol. The molecule has 0 saturated heterocycles. The Morgan fingerprint density at radius 3 is 1.37 bits per heavy atom. The fourth-order valence-electron chi connectivity index (χ4n) is 9.55.